The van der Waals surface area contributed by atoms with Crippen molar-refractivity contribution in [3.05, 3.63) is 52.6 Å². The summed E-state index contributed by atoms with van der Waals surface area (Å²) < 4.78 is 1.80. The zero-order chi connectivity index (χ0) is 16.4. The summed E-state index contributed by atoms with van der Waals surface area (Å²) in [5.74, 6) is 0.0740. The van der Waals surface area contributed by atoms with Gasteiger partial charge in [0.2, 0.25) is 0 Å². The summed E-state index contributed by atoms with van der Waals surface area (Å²) in [5.41, 5.74) is 2.69. The molecule has 0 N–H and O–H groups in total. The highest BCUT2D eigenvalue weighted by Crippen LogP contribution is 2.15. The maximum Gasteiger partial charge on any atom is 0.272 e. The van der Waals surface area contributed by atoms with Crippen LogP contribution in [0.5, 0.6) is 0 Å². The summed E-state index contributed by atoms with van der Waals surface area (Å²) >= 11 is 6.03. The summed E-state index contributed by atoms with van der Waals surface area (Å²) in [5, 5.41) is 0.767. The van der Waals surface area contributed by atoms with Crippen LogP contribution < -0.4 is 0 Å². The van der Waals surface area contributed by atoms with E-state index in [0.717, 1.165) is 43.4 Å². The number of aromatic nitrogens is 2. The van der Waals surface area contributed by atoms with Crippen molar-refractivity contribution >= 4 is 17.5 Å². The first kappa shape index (κ1) is 16.0. The van der Waals surface area contributed by atoms with E-state index < -0.39 is 0 Å². The number of aryl methyl sites for hydroxylation is 2. The molecule has 3 rings (SSSR count). The molecule has 1 aromatic carbocycles. The predicted octanol–water partition coefficient (Wildman–Crippen LogP) is 2.34. The minimum absolute atomic E-state index is 0.0740. The SMILES string of the molecule is Cc1ncn(C)c1C(=O)N1CCN(Cc2cccc(Cl)c2)CC1. The molecule has 5 nitrogen and oxygen atoms in total. The molecule has 6 heteroatoms. The highest BCUT2D eigenvalue weighted by Gasteiger charge is 2.25. The van der Waals surface area contributed by atoms with Crippen molar-refractivity contribution in [3.63, 3.8) is 0 Å². The molecule has 1 aliphatic heterocycles. The van der Waals surface area contributed by atoms with Crippen LogP contribution in [0.4, 0.5) is 0 Å². The number of amides is 1. The summed E-state index contributed by atoms with van der Waals surface area (Å²) in [6, 6.07) is 7.95. The number of halogens is 1. The van der Waals surface area contributed by atoms with Crippen LogP contribution in [0.25, 0.3) is 0 Å². The molecule has 0 bridgehead atoms. The van der Waals surface area contributed by atoms with Gasteiger partial charge in [0.25, 0.3) is 5.91 Å². The van der Waals surface area contributed by atoms with Gasteiger partial charge in [-0.15, -0.1) is 0 Å². The van der Waals surface area contributed by atoms with E-state index in [4.69, 9.17) is 11.6 Å². The van der Waals surface area contributed by atoms with Gasteiger partial charge in [0.05, 0.1) is 12.0 Å². The lowest BCUT2D eigenvalue weighted by atomic mass is 10.2. The number of carbonyl (C=O) groups excluding carboxylic acids is 1. The topological polar surface area (TPSA) is 41.4 Å². The first-order valence-electron chi connectivity index (χ1n) is 7.78. The lowest BCUT2D eigenvalue weighted by Crippen LogP contribution is -2.48. The molecule has 0 spiro atoms. The summed E-state index contributed by atoms with van der Waals surface area (Å²) in [6.45, 7) is 5.97. The van der Waals surface area contributed by atoms with Crippen molar-refractivity contribution in [2.45, 2.75) is 13.5 Å². The highest BCUT2D eigenvalue weighted by molar-refractivity contribution is 6.30. The third kappa shape index (κ3) is 3.57. The minimum atomic E-state index is 0.0740. The monoisotopic (exact) mass is 332 g/mol. The number of piperazine rings is 1. The second-order valence-corrected chi connectivity index (χ2v) is 6.42. The molecule has 1 aliphatic rings. The van der Waals surface area contributed by atoms with Gasteiger partial charge in [-0.3, -0.25) is 9.69 Å². The maximum absolute atomic E-state index is 12.6. The minimum Gasteiger partial charge on any atom is -0.335 e. The Morgan fingerprint density at radius 2 is 2.00 bits per heavy atom. The Hall–Kier alpha value is -1.85. The number of rotatable bonds is 3. The van der Waals surface area contributed by atoms with Crippen LogP contribution in [0.1, 0.15) is 21.7 Å². The number of benzene rings is 1. The van der Waals surface area contributed by atoms with E-state index in [-0.39, 0.29) is 5.91 Å². The van der Waals surface area contributed by atoms with Crippen molar-refractivity contribution in [2.75, 3.05) is 26.2 Å². The number of imidazole rings is 1. The largest absolute Gasteiger partial charge is 0.335 e. The molecule has 1 saturated heterocycles. The second-order valence-electron chi connectivity index (χ2n) is 5.99. The zero-order valence-corrected chi connectivity index (χ0v) is 14.3. The van der Waals surface area contributed by atoms with Crippen LogP contribution in [0.15, 0.2) is 30.6 Å². The summed E-state index contributed by atoms with van der Waals surface area (Å²) in [4.78, 5) is 21.1. The van der Waals surface area contributed by atoms with Gasteiger partial charge in [-0.05, 0) is 24.6 Å². The van der Waals surface area contributed by atoms with Gasteiger partial charge in [-0.2, -0.15) is 0 Å². The lowest BCUT2D eigenvalue weighted by Gasteiger charge is -2.34. The van der Waals surface area contributed by atoms with E-state index in [1.165, 1.54) is 5.56 Å². The summed E-state index contributed by atoms with van der Waals surface area (Å²) in [6.07, 6.45) is 1.69. The Balaban J connectivity index is 1.59. The predicted molar refractivity (Wildman–Crippen MR) is 90.6 cm³/mol. The van der Waals surface area contributed by atoms with E-state index in [0.29, 0.717) is 5.69 Å². The quantitative estimate of drug-likeness (QED) is 0.866. The Morgan fingerprint density at radius 3 is 2.61 bits per heavy atom. The van der Waals surface area contributed by atoms with Gasteiger partial charge in [-0.25, -0.2) is 4.98 Å². The lowest BCUT2D eigenvalue weighted by molar-refractivity contribution is 0.0618. The molecule has 2 heterocycles. The van der Waals surface area contributed by atoms with E-state index in [1.54, 1.807) is 10.9 Å². The first-order valence-corrected chi connectivity index (χ1v) is 8.16. The Bertz CT molecular complexity index is 685. The van der Waals surface area contributed by atoms with Crippen LogP contribution in [0.3, 0.4) is 0 Å². The average molecular weight is 333 g/mol. The molecule has 122 valence electrons. The van der Waals surface area contributed by atoms with Crippen molar-refractivity contribution < 1.29 is 4.79 Å². The standard InChI is InChI=1S/C17H21ClN4O/c1-13-16(20(2)12-19-13)17(23)22-8-6-21(7-9-22)11-14-4-3-5-15(18)10-14/h3-5,10,12H,6-9,11H2,1-2H3. The van der Waals surface area contributed by atoms with Gasteiger partial charge in [0.15, 0.2) is 0 Å². The smallest absolute Gasteiger partial charge is 0.272 e. The Kier molecular flexibility index (Phi) is 4.68. The molecule has 1 fully saturated rings. The fraction of sp³-hybridized carbons (Fsp3) is 0.412. The fourth-order valence-corrected chi connectivity index (χ4v) is 3.22. The molecule has 0 atom stereocenters. The zero-order valence-electron chi connectivity index (χ0n) is 13.5. The van der Waals surface area contributed by atoms with Crippen LogP contribution in [0.2, 0.25) is 5.02 Å². The van der Waals surface area contributed by atoms with Crippen molar-refractivity contribution in [2.24, 2.45) is 7.05 Å². The molecule has 0 unspecified atom stereocenters. The number of nitrogens with zero attached hydrogens (tertiary/aromatic N) is 4. The second kappa shape index (κ2) is 6.72. The molecule has 0 radical (unpaired) electrons. The fourth-order valence-electron chi connectivity index (χ4n) is 3.01. The molecule has 0 aliphatic carbocycles. The normalized spacial score (nSPS) is 15.9. The molecule has 2 aromatic rings. The van der Waals surface area contributed by atoms with E-state index >= 15 is 0 Å². The number of hydrogen-bond acceptors (Lipinski definition) is 3. The van der Waals surface area contributed by atoms with Crippen molar-refractivity contribution in [1.29, 1.82) is 0 Å². The Morgan fingerprint density at radius 1 is 1.26 bits per heavy atom. The average Bonchev–Trinajstić information content (AvgIpc) is 2.86. The van der Waals surface area contributed by atoms with Gasteiger partial charge >= 0.3 is 0 Å². The van der Waals surface area contributed by atoms with Gasteiger partial charge < -0.3 is 9.47 Å². The summed E-state index contributed by atoms with van der Waals surface area (Å²) in [7, 11) is 1.86. The van der Waals surface area contributed by atoms with Crippen molar-refractivity contribution in [1.82, 2.24) is 19.4 Å². The van der Waals surface area contributed by atoms with E-state index in [1.807, 2.05) is 37.1 Å². The maximum atomic E-state index is 12.6. The van der Waals surface area contributed by atoms with Crippen LogP contribution in [-0.2, 0) is 13.6 Å². The van der Waals surface area contributed by atoms with Crippen LogP contribution >= 0.6 is 11.6 Å². The number of hydrogen-bond donors (Lipinski definition) is 0. The molecule has 1 aromatic heterocycles. The third-order valence-corrected chi connectivity index (χ3v) is 4.51. The van der Waals surface area contributed by atoms with Gasteiger partial charge in [-0.1, -0.05) is 23.7 Å². The van der Waals surface area contributed by atoms with Crippen LogP contribution in [-0.4, -0.2) is 51.4 Å². The molecular formula is C17H21ClN4O. The third-order valence-electron chi connectivity index (χ3n) is 4.28. The molecule has 23 heavy (non-hydrogen) atoms. The van der Waals surface area contributed by atoms with Gasteiger partial charge in [0, 0.05) is 44.8 Å². The van der Waals surface area contributed by atoms with E-state index in [9.17, 15) is 4.79 Å². The first-order chi connectivity index (χ1) is 11.0. The Labute approximate surface area is 141 Å². The highest BCUT2D eigenvalue weighted by atomic mass is 35.5. The molecule has 1 amide bonds. The van der Waals surface area contributed by atoms with E-state index in [2.05, 4.69) is 16.0 Å². The van der Waals surface area contributed by atoms with Gasteiger partial charge in [0.1, 0.15) is 5.69 Å². The van der Waals surface area contributed by atoms with Crippen LogP contribution in [0, 0.1) is 6.92 Å². The van der Waals surface area contributed by atoms with Crippen molar-refractivity contribution in [3.8, 4) is 0 Å². The molecular weight excluding hydrogens is 312 g/mol. The number of carbonyl (C=O) groups is 1. The molecule has 0 saturated carbocycles.